The molecular weight excluding hydrogens is 230 g/mol. The Labute approximate surface area is 105 Å². The number of aromatic nitrogens is 1. The number of carbonyl (C=O) groups is 2. The summed E-state index contributed by atoms with van der Waals surface area (Å²) in [6.07, 6.45) is 3.84. The lowest BCUT2D eigenvalue weighted by atomic mass is 10.2. The Hall–Kier alpha value is -1.91. The van der Waals surface area contributed by atoms with Crippen LogP contribution in [0.5, 0.6) is 0 Å². The van der Waals surface area contributed by atoms with Crippen LogP contribution in [0.4, 0.5) is 5.82 Å². The van der Waals surface area contributed by atoms with E-state index in [2.05, 4.69) is 10.3 Å². The van der Waals surface area contributed by atoms with Gasteiger partial charge in [0.2, 0.25) is 5.91 Å². The standard InChI is InChI=1S/C13H15N3O2/c1-8-4-5-14-11(6-8)15-10-7-12(17)16(13(10)18)9-2-3-9/h4-6,9-10H,2-3,7H2,1H3,(H,14,15). The number of hydrogen-bond donors (Lipinski definition) is 1. The summed E-state index contributed by atoms with van der Waals surface area (Å²) in [4.78, 5) is 29.5. The van der Waals surface area contributed by atoms with Gasteiger partial charge in [-0.2, -0.15) is 0 Å². The molecule has 0 radical (unpaired) electrons. The Morgan fingerprint density at radius 3 is 2.83 bits per heavy atom. The first-order valence-corrected chi connectivity index (χ1v) is 6.20. The summed E-state index contributed by atoms with van der Waals surface area (Å²) in [5.41, 5.74) is 1.07. The van der Waals surface area contributed by atoms with Crippen LogP contribution in [0.2, 0.25) is 0 Å². The fourth-order valence-corrected chi connectivity index (χ4v) is 2.27. The van der Waals surface area contributed by atoms with Crippen molar-refractivity contribution in [2.24, 2.45) is 0 Å². The molecule has 2 amide bonds. The summed E-state index contributed by atoms with van der Waals surface area (Å²) in [7, 11) is 0. The van der Waals surface area contributed by atoms with Gasteiger partial charge < -0.3 is 5.32 Å². The molecule has 2 heterocycles. The van der Waals surface area contributed by atoms with E-state index < -0.39 is 6.04 Å². The molecule has 5 nitrogen and oxygen atoms in total. The summed E-state index contributed by atoms with van der Waals surface area (Å²) in [5, 5.41) is 3.05. The Balaban J connectivity index is 1.74. The van der Waals surface area contributed by atoms with Crippen LogP contribution in [0, 0.1) is 6.92 Å². The number of nitrogens with zero attached hydrogens (tertiary/aromatic N) is 2. The lowest BCUT2D eigenvalue weighted by molar-refractivity contribution is -0.139. The normalized spacial score (nSPS) is 23.6. The molecule has 5 heteroatoms. The van der Waals surface area contributed by atoms with Crippen LogP contribution in [0.3, 0.4) is 0 Å². The predicted molar refractivity (Wildman–Crippen MR) is 65.9 cm³/mol. The summed E-state index contributed by atoms with van der Waals surface area (Å²) in [6, 6.07) is 3.47. The molecule has 1 saturated carbocycles. The monoisotopic (exact) mass is 245 g/mol. The molecule has 1 unspecified atom stereocenters. The lowest BCUT2D eigenvalue weighted by Crippen LogP contribution is -2.36. The Morgan fingerprint density at radius 1 is 1.39 bits per heavy atom. The minimum atomic E-state index is -0.451. The molecule has 2 aliphatic rings. The van der Waals surface area contributed by atoms with E-state index in [1.165, 1.54) is 4.90 Å². The third kappa shape index (κ3) is 1.96. The van der Waals surface area contributed by atoms with E-state index in [9.17, 15) is 9.59 Å². The van der Waals surface area contributed by atoms with Gasteiger partial charge in [-0.15, -0.1) is 0 Å². The maximum Gasteiger partial charge on any atom is 0.252 e. The second-order valence-electron chi connectivity index (χ2n) is 4.95. The second kappa shape index (κ2) is 4.08. The second-order valence-corrected chi connectivity index (χ2v) is 4.95. The molecule has 1 aliphatic heterocycles. The third-order valence-corrected chi connectivity index (χ3v) is 3.33. The summed E-state index contributed by atoms with van der Waals surface area (Å²) in [5.74, 6) is 0.484. The minimum Gasteiger partial charge on any atom is -0.358 e. The van der Waals surface area contributed by atoms with E-state index in [0.29, 0.717) is 5.82 Å². The van der Waals surface area contributed by atoms with Crippen LogP contribution in [-0.4, -0.2) is 33.8 Å². The fourth-order valence-electron chi connectivity index (χ4n) is 2.27. The van der Waals surface area contributed by atoms with Crippen LogP contribution >= 0.6 is 0 Å². The van der Waals surface area contributed by atoms with Crippen LogP contribution < -0.4 is 5.32 Å². The van der Waals surface area contributed by atoms with Crippen molar-refractivity contribution in [3.8, 4) is 0 Å². The topological polar surface area (TPSA) is 62.3 Å². The number of carbonyl (C=O) groups excluding carboxylic acids is 2. The van der Waals surface area contributed by atoms with Crippen LogP contribution in [0.25, 0.3) is 0 Å². The molecule has 1 aromatic rings. The average Bonchev–Trinajstić information content (AvgIpc) is 3.09. The van der Waals surface area contributed by atoms with Crippen molar-refractivity contribution in [3.63, 3.8) is 0 Å². The number of rotatable bonds is 3. The van der Waals surface area contributed by atoms with Crippen LogP contribution in [-0.2, 0) is 9.59 Å². The van der Waals surface area contributed by atoms with Crippen molar-refractivity contribution < 1.29 is 9.59 Å². The van der Waals surface area contributed by atoms with Crippen LogP contribution in [0.1, 0.15) is 24.8 Å². The quantitative estimate of drug-likeness (QED) is 0.810. The first kappa shape index (κ1) is 11.2. The number of amides is 2. The highest BCUT2D eigenvalue weighted by Crippen LogP contribution is 2.32. The van der Waals surface area contributed by atoms with E-state index in [1.807, 2.05) is 19.1 Å². The Bertz CT molecular complexity index is 511. The number of hydrogen-bond acceptors (Lipinski definition) is 4. The predicted octanol–water partition coefficient (Wildman–Crippen LogP) is 1.09. The van der Waals surface area contributed by atoms with Crippen molar-refractivity contribution in [3.05, 3.63) is 23.9 Å². The molecule has 1 saturated heterocycles. The molecule has 1 aliphatic carbocycles. The zero-order valence-corrected chi connectivity index (χ0v) is 10.2. The molecule has 1 N–H and O–H groups in total. The van der Waals surface area contributed by atoms with Gasteiger partial charge in [-0.3, -0.25) is 14.5 Å². The van der Waals surface area contributed by atoms with E-state index >= 15 is 0 Å². The minimum absolute atomic E-state index is 0.0624. The number of likely N-dealkylation sites (tertiary alicyclic amines) is 1. The molecule has 0 bridgehead atoms. The van der Waals surface area contributed by atoms with E-state index in [-0.39, 0.29) is 24.3 Å². The van der Waals surface area contributed by atoms with Crippen molar-refractivity contribution in [2.75, 3.05) is 5.32 Å². The van der Waals surface area contributed by atoms with Gasteiger partial charge in [-0.05, 0) is 37.5 Å². The molecule has 3 rings (SSSR count). The third-order valence-electron chi connectivity index (χ3n) is 3.33. The molecule has 0 spiro atoms. The smallest absolute Gasteiger partial charge is 0.252 e. The first-order chi connectivity index (χ1) is 8.65. The number of anilines is 1. The highest BCUT2D eigenvalue weighted by Gasteiger charge is 2.46. The number of pyridine rings is 1. The van der Waals surface area contributed by atoms with Crippen LogP contribution in [0.15, 0.2) is 18.3 Å². The Kier molecular flexibility index (Phi) is 2.54. The van der Waals surface area contributed by atoms with Crippen molar-refractivity contribution in [1.29, 1.82) is 0 Å². The highest BCUT2D eigenvalue weighted by molar-refractivity contribution is 6.07. The van der Waals surface area contributed by atoms with Gasteiger partial charge in [0.15, 0.2) is 0 Å². The maximum atomic E-state index is 12.1. The molecule has 1 aromatic heterocycles. The largest absolute Gasteiger partial charge is 0.358 e. The van der Waals surface area contributed by atoms with Crippen molar-refractivity contribution in [1.82, 2.24) is 9.88 Å². The highest BCUT2D eigenvalue weighted by atomic mass is 16.2. The van der Waals surface area contributed by atoms with Gasteiger partial charge >= 0.3 is 0 Å². The molecule has 0 aromatic carbocycles. The lowest BCUT2D eigenvalue weighted by Gasteiger charge is -2.14. The molecule has 1 atom stereocenters. The van der Waals surface area contributed by atoms with Crippen molar-refractivity contribution >= 4 is 17.6 Å². The van der Waals surface area contributed by atoms with E-state index in [1.54, 1.807) is 6.20 Å². The number of imide groups is 1. The van der Waals surface area contributed by atoms with E-state index in [4.69, 9.17) is 0 Å². The Morgan fingerprint density at radius 2 is 2.17 bits per heavy atom. The fraction of sp³-hybridized carbons (Fsp3) is 0.462. The number of aryl methyl sites for hydroxylation is 1. The summed E-state index contributed by atoms with van der Waals surface area (Å²) >= 11 is 0. The van der Waals surface area contributed by atoms with Crippen molar-refractivity contribution in [2.45, 2.75) is 38.3 Å². The number of nitrogens with one attached hydrogen (secondary N) is 1. The average molecular weight is 245 g/mol. The van der Waals surface area contributed by atoms with Gasteiger partial charge in [-0.25, -0.2) is 4.98 Å². The van der Waals surface area contributed by atoms with Gasteiger partial charge in [0.25, 0.3) is 5.91 Å². The molecule has 2 fully saturated rings. The molecule has 18 heavy (non-hydrogen) atoms. The van der Waals surface area contributed by atoms with Gasteiger partial charge in [0.1, 0.15) is 11.9 Å². The van der Waals surface area contributed by atoms with Gasteiger partial charge in [0, 0.05) is 12.2 Å². The van der Waals surface area contributed by atoms with Gasteiger partial charge in [-0.1, -0.05) is 0 Å². The molecule has 94 valence electrons. The summed E-state index contributed by atoms with van der Waals surface area (Å²) < 4.78 is 0. The first-order valence-electron chi connectivity index (χ1n) is 6.20. The van der Waals surface area contributed by atoms with E-state index in [0.717, 1.165) is 18.4 Å². The zero-order valence-electron chi connectivity index (χ0n) is 10.2. The molecular formula is C13H15N3O2. The maximum absolute atomic E-state index is 12.1. The summed E-state index contributed by atoms with van der Waals surface area (Å²) in [6.45, 7) is 1.96. The SMILES string of the molecule is Cc1ccnc(NC2CC(=O)N(C3CC3)C2=O)c1. The zero-order chi connectivity index (χ0) is 12.7. The van der Waals surface area contributed by atoms with Gasteiger partial charge in [0.05, 0.1) is 6.42 Å².